The topological polar surface area (TPSA) is 70.2 Å². The number of aromatic hydroxyl groups is 1. The normalized spacial score (nSPS) is 17.7. The second-order valence-corrected chi connectivity index (χ2v) is 11.2. The molecule has 0 unspecified atom stereocenters. The highest BCUT2D eigenvalue weighted by atomic mass is 35.5. The minimum Gasteiger partial charge on any atom is -0.493 e. The fraction of sp³-hybridized carbons (Fsp3) is 0.370. The molecule has 0 amide bonds. The maximum Gasteiger partial charge on any atom is 0.416 e. The van der Waals surface area contributed by atoms with Gasteiger partial charge in [0.05, 0.1) is 28.6 Å². The first kappa shape index (κ1) is 27.5. The van der Waals surface area contributed by atoms with Crippen LogP contribution in [0.5, 0.6) is 5.88 Å². The Morgan fingerprint density at radius 1 is 1.18 bits per heavy atom. The Balaban J connectivity index is 1.62. The molecule has 0 saturated carbocycles. The van der Waals surface area contributed by atoms with Crippen LogP contribution in [0, 0.1) is 0 Å². The molecule has 39 heavy (non-hydrogen) atoms. The summed E-state index contributed by atoms with van der Waals surface area (Å²) >= 11 is 6.56. The Morgan fingerprint density at radius 2 is 1.92 bits per heavy atom. The van der Waals surface area contributed by atoms with Crippen LogP contribution in [-0.4, -0.2) is 46.1 Å². The number of thiazole rings is 1. The lowest BCUT2D eigenvalue weighted by atomic mass is 9.93. The number of aromatic nitrogens is 1. The number of benzene rings is 2. The average Bonchev–Trinajstić information content (AvgIpc) is 3.47. The molecule has 12 heteroatoms. The van der Waals surface area contributed by atoms with E-state index in [1.54, 1.807) is 18.2 Å². The third-order valence-corrected chi connectivity index (χ3v) is 8.53. The second kappa shape index (κ2) is 10.5. The fourth-order valence-corrected chi connectivity index (χ4v) is 6.13. The number of halogens is 5. The van der Waals surface area contributed by atoms with E-state index in [1.807, 2.05) is 6.92 Å². The number of likely N-dealkylation sites (tertiary alicyclic amines) is 1. The molecule has 1 aromatic heterocycles. The number of fused-ring (bicyclic) bond motifs is 1. The summed E-state index contributed by atoms with van der Waals surface area (Å²) in [5.74, 6) is -0.462. The maximum atomic E-state index is 15.7. The predicted octanol–water partition coefficient (Wildman–Crippen LogP) is 4.52. The summed E-state index contributed by atoms with van der Waals surface area (Å²) in [6.07, 6.45) is -3.00. The Kier molecular flexibility index (Phi) is 7.43. The van der Waals surface area contributed by atoms with Crippen molar-refractivity contribution in [1.82, 2.24) is 9.47 Å². The largest absolute Gasteiger partial charge is 0.493 e. The molecule has 2 aliphatic rings. The number of piperidine rings is 1. The zero-order valence-electron chi connectivity index (χ0n) is 20.9. The Bertz CT molecular complexity index is 1620. The quantitative estimate of drug-likeness (QED) is 0.436. The molecule has 3 heterocycles. The summed E-state index contributed by atoms with van der Waals surface area (Å²) in [6.45, 7) is 3.54. The molecule has 2 aromatic carbocycles. The molecule has 5 rings (SSSR count). The summed E-state index contributed by atoms with van der Waals surface area (Å²) < 4.78 is 58.5. The smallest absolute Gasteiger partial charge is 0.416 e. The lowest BCUT2D eigenvalue weighted by molar-refractivity contribution is -0.138. The number of nitrogens with zero attached hydrogens (tertiary/aromatic N) is 4. The van der Waals surface area contributed by atoms with Crippen LogP contribution in [0.15, 0.2) is 51.4 Å². The van der Waals surface area contributed by atoms with E-state index >= 15 is 4.39 Å². The molecule has 3 aromatic rings. The van der Waals surface area contributed by atoms with Crippen molar-refractivity contribution in [3.05, 3.63) is 83.2 Å². The third kappa shape index (κ3) is 5.66. The zero-order chi connectivity index (χ0) is 27.9. The lowest BCUT2D eigenvalue weighted by Crippen LogP contribution is -2.44. The van der Waals surface area contributed by atoms with Gasteiger partial charge in [0.25, 0.3) is 0 Å². The van der Waals surface area contributed by atoms with Crippen molar-refractivity contribution in [2.24, 2.45) is 10.2 Å². The van der Waals surface area contributed by atoms with Gasteiger partial charge in [-0.25, -0.2) is 4.39 Å². The van der Waals surface area contributed by atoms with Gasteiger partial charge in [0.15, 0.2) is 0 Å². The minimum atomic E-state index is -4.68. The van der Waals surface area contributed by atoms with Crippen molar-refractivity contribution in [2.45, 2.75) is 44.6 Å². The van der Waals surface area contributed by atoms with Crippen molar-refractivity contribution in [3.63, 3.8) is 0 Å². The highest BCUT2D eigenvalue weighted by Gasteiger charge is 2.37. The molecule has 0 radical (unpaired) electrons. The molecule has 0 atom stereocenters. The van der Waals surface area contributed by atoms with Gasteiger partial charge < -0.3 is 10.0 Å². The molecule has 206 valence electrons. The monoisotopic (exact) mass is 580 g/mol. The summed E-state index contributed by atoms with van der Waals surface area (Å²) in [4.78, 5) is 14.7. The van der Waals surface area contributed by atoms with Gasteiger partial charge in [0.2, 0.25) is 5.88 Å². The average molecular weight is 581 g/mol. The molecule has 0 aliphatic carbocycles. The maximum absolute atomic E-state index is 15.7. The summed E-state index contributed by atoms with van der Waals surface area (Å²) in [5, 5.41) is 20.1. The Hall–Kier alpha value is -3.02. The van der Waals surface area contributed by atoms with Gasteiger partial charge in [-0.1, -0.05) is 42.0 Å². The Labute approximate surface area is 230 Å². The van der Waals surface area contributed by atoms with Crippen LogP contribution in [0.2, 0.25) is 5.02 Å². The van der Waals surface area contributed by atoms with E-state index in [4.69, 9.17) is 11.6 Å². The molecule has 1 saturated heterocycles. The van der Waals surface area contributed by atoms with Crippen LogP contribution in [0.25, 0.3) is 5.57 Å². The van der Waals surface area contributed by atoms with E-state index in [1.165, 1.54) is 18.3 Å². The summed E-state index contributed by atoms with van der Waals surface area (Å²) in [7, 11) is 0. The second-order valence-electron chi connectivity index (χ2n) is 9.76. The molecule has 0 spiro atoms. The minimum absolute atomic E-state index is 0.0657. The molecule has 1 fully saturated rings. The Morgan fingerprint density at radius 3 is 2.62 bits per heavy atom. The molecular weight excluding hydrogens is 556 g/mol. The van der Waals surface area contributed by atoms with Gasteiger partial charge in [0.1, 0.15) is 5.67 Å². The van der Waals surface area contributed by atoms with Gasteiger partial charge in [0, 0.05) is 30.1 Å². The van der Waals surface area contributed by atoms with Crippen LogP contribution in [0.3, 0.4) is 0 Å². The van der Waals surface area contributed by atoms with Gasteiger partial charge in [-0.2, -0.15) is 23.4 Å². The molecule has 2 aliphatic heterocycles. The number of hydrogen-bond acceptors (Lipinski definition) is 6. The van der Waals surface area contributed by atoms with Crippen LogP contribution in [0.1, 0.15) is 41.3 Å². The van der Waals surface area contributed by atoms with Crippen LogP contribution < -0.4 is 15.4 Å². The van der Waals surface area contributed by atoms with Gasteiger partial charge in [-0.3, -0.25) is 9.36 Å². The van der Waals surface area contributed by atoms with Crippen molar-refractivity contribution < 1.29 is 22.7 Å². The first-order valence-electron chi connectivity index (χ1n) is 12.4. The van der Waals surface area contributed by atoms with E-state index in [-0.39, 0.29) is 46.8 Å². The highest BCUT2D eigenvalue weighted by molar-refractivity contribution is 7.10. The SMILES string of the molecule is CCN1CCC(F)(Cn2c(O)c(C(Cc3ccc(Cl)cc3C(F)(F)F)=c3ccc4c(c3)C=NN=4)sc2=O)CC1. The molecule has 6 nitrogen and oxygen atoms in total. The van der Waals surface area contributed by atoms with Gasteiger partial charge >= 0.3 is 11.0 Å². The van der Waals surface area contributed by atoms with Crippen molar-refractivity contribution >= 4 is 34.7 Å². The molecule has 1 N–H and O–H groups in total. The van der Waals surface area contributed by atoms with Gasteiger partial charge in [-0.05, 0) is 60.0 Å². The van der Waals surface area contributed by atoms with Crippen LogP contribution in [0.4, 0.5) is 17.6 Å². The predicted molar refractivity (Wildman–Crippen MR) is 143 cm³/mol. The van der Waals surface area contributed by atoms with E-state index in [0.717, 1.165) is 17.2 Å². The van der Waals surface area contributed by atoms with Crippen molar-refractivity contribution in [3.8, 4) is 5.88 Å². The van der Waals surface area contributed by atoms with E-state index in [0.29, 0.717) is 40.6 Å². The third-order valence-electron chi connectivity index (χ3n) is 7.27. The van der Waals surface area contributed by atoms with Crippen molar-refractivity contribution in [1.29, 1.82) is 0 Å². The number of alkyl halides is 4. The first-order chi connectivity index (χ1) is 18.5. The molecule has 0 bridgehead atoms. The summed E-state index contributed by atoms with van der Waals surface area (Å²) in [6, 6.07) is 8.51. The number of rotatable bonds is 6. The van der Waals surface area contributed by atoms with E-state index in [2.05, 4.69) is 15.1 Å². The first-order valence-corrected chi connectivity index (χ1v) is 13.6. The summed E-state index contributed by atoms with van der Waals surface area (Å²) in [5.41, 5.74) is -1.74. The highest BCUT2D eigenvalue weighted by Crippen LogP contribution is 2.38. The standard InChI is InChI=1S/C27H25ClF4N4O2S/c1-2-35-9-7-26(29,8-10-35)15-36-24(37)23(39-25(36)38)20(16-4-6-22-18(11-16)14-33-34-22)12-17-3-5-19(28)13-21(17)27(30,31)32/h3-6,11,13-14,37H,2,7-10,12,15H2,1H3. The van der Waals surface area contributed by atoms with Crippen LogP contribution >= 0.6 is 22.9 Å². The van der Waals surface area contributed by atoms with E-state index in [9.17, 15) is 23.1 Å². The zero-order valence-corrected chi connectivity index (χ0v) is 22.5. The van der Waals surface area contributed by atoms with E-state index < -0.39 is 28.2 Å². The van der Waals surface area contributed by atoms with Gasteiger partial charge in [-0.15, -0.1) is 0 Å². The molecular formula is C27H25ClF4N4O2S. The fourth-order valence-electron chi connectivity index (χ4n) is 5.01. The van der Waals surface area contributed by atoms with Crippen LogP contribution in [-0.2, 0) is 19.1 Å². The lowest BCUT2D eigenvalue weighted by Gasteiger charge is -2.35. The van der Waals surface area contributed by atoms with Crippen molar-refractivity contribution in [2.75, 3.05) is 19.6 Å². The number of hydrogen-bond donors (Lipinski definition) is 1.